The van der Waals surface area contributed by atoms with Gasteiger partial charge in [0.2, 0.25) is 5.89 Å². The zero-order chi connectivity index (χ0) is 24.2. The summed E-state index contributed by atoms with van der Waals surface area (Å²) in [6.45, 7) is 0.623. The van der Waals surface area contributed by atoms with Gasteiger partial charge in [0, 0.05) is 19.0 Å². The van der Waals surface area contributed by atoms with E-state index in [4.69, 9.17) is 4.42 Å². The number of fused-ring (bicyclic) bond motifs is 1. The van der Waals surface area contributed by atoms with E-state index in [-0.39, 0.29) is 53.9 Å². The van der Waals surface area contributed by atoms with Gasteiger partial charge in [0.25, 0.3) is 5.56 Å². The first-order chi connectivity index (χ1) is 16.9. The van der Waals surface area contributed by atoms with E-state index in [2.05, 4.69) is 20.3 Å². The molecular formula is C23H22FN7O4. The lowest BCUT2D eigenvalue weighted by molar-refractivity contribution is -0.0306. The molecule has 1 saturated heterocycles. The number of aliphatic hydroxyl groups is 1. The summed E-state index contributed by atoms with van der Waals surface area (Å²) in [7, 11) is 0. The van der Waals surface area contributed by atoms with Gasteiger partial charge in [-0.15, -0.1) is 10.2 Å². The number of amides is 1. The summed E-state index contributed by atoms with van der Waals surface area (Å²) in [6.07, 6.45) is 5.35. The smallest absolute Gasteiger partial charge is 0.311 e. The second-order valence-electron chi connectivity index (χ2n) is 9.18. The number of benzene rings is 1. The maximum absolute atomic E-state index is 13.3. The van der Waals surface area contributed by atoms with Crippen molar-refractivity contribution in [2.24, 2.45) is 0 Å². The molecule has 0 spiro atoms. The molecule has 4 aromatic rings. The van der Waals surface area contributed by atoms with Crippen LogP contribution in [0.4, 0.5) is 4.39 Å². The van der Waals surface area contributed by atoms with Crippen LogP contribution < -0.4 is 5.56 Å². The van der Waals surface area contributed by atoms with Crippen LogP contribution in [0.15, 0.2) is 46.0 Å². The molecule has 0 atom stereocenters. The Bertz CT molecular complexity index is 1460. The first kappa shape index (κ1) is 21.6. The van der Waals surface area contributed by atoms with Gasteiger partial charge in [-0.25, -0.2) is 14.1 Å². The summed E-state index contributed by atoms with van der Waals surface area (Å²) in [5.74, 6) is 0.0253. The summed E-state index contributed by atoms with van der Waals surface area (Å²) in [5, 5.41) is 23.5. The Balaban J connectivity index is 1.16. The molecule has 180 valence electrons. The van der Waals surface area contributed by atoms with Crippen LogP contribution >= 0.6 is 0 Å². The molecule has 0 radical (unpaired) electrons. The molecule has 1 aromatic carbocycles. The van der Waals surface area contributed by atoms with Gasteiger partial charge in [0.05, 0.1) is 24.0 Å². The van der Waals surface area contributed by atoms with E-state index in [0.29, 0.717) is 30.3 Å². The standard InChI is InChI=1S/C23H22FN7O4/c24-15-3-5-16(6-4-15)31-18-17(11-26-31)21(32)30(13-25-18)12-23(34)7-9-29(10-8-23)22(33)20-28-27-19(35-20)14-1-2-14/h3-6,11,13-14,34H,1-2,7-10,12H2. The Morgan fingerprint density at radius 1 is 1.17 bits per heavy atom. The second kappa shape index (κ2) is 8.08. The van der Waals surface area contributed by atoms with E-state index >= 15 is 0 Å². The van der Waals surface area contributed by atoms with Gasteiger partial charge in [-0.2, -0.15) is 5.10 Å². The fourth-order valence-corrected chi connectivity index (χ4v) is 4.39. The van der Waals surface area contributed by atoms with E-state index in [1.54, 1.807) is 17.0 Å². The molecule has 0 bridgehead atoms. The van der Waals surface area contributed by atoms with Gasteiger partial charge < -0.3 is 14.4 Å². The van der Waals surface area contributed by atoms with E-state index in [1.807, 2.05) is 0 Å². The Morgan fingerprint density at radius 2 is 1.91 bits per heavy atom. The predicted octanol–water partition coefficient (Wildman–Crippen LogP) is 1.65. The largest absolute Gasteiger partial charge is 0.417 e. The van der Waals surface area contributed by atoms with Crippen LogP contribution in [0, 0.1) is 5.82 Å². The zero-order valence-electron chi connectivity index (χ0n) is 18.7. The molecule has 1 aliphatic carbocycles. The highest BCUT2D eigenvalue weighted by molar-refractivity contribution is 5.89. The number of nitrogens with zero attached hydrogens (tertiary/aromatic N) is 7. The number of piperidine rings is 1. The van der Waals surface area contributed by atoms with Crippen LogP contribution in [0.1, 0.15) is 48.2 Å². The predicted molar refractivity (Wildman–Crippen MR) is 119 cm³/mol. The Hall–Kier alpha value is -3.93. The molecule has 1 aliphatic heterocycles. The van der Waals surface area contributed by atoms with Gasteiger partial charge in [-0.3, -0.25) is 14.2 Å². The number of halogens is 1. The van der Waals surface area contributed by atoms with Crippen molar-refractivity contribution in [1.29, 1.82) is 0 Å². The monoisotopic (exact) mass is 479 g/mol. The average molecular weight is 479 g/mol. The van der Waals surface area contributed by atoms with Crippen molar-refractivity contribution in [3.8, 4) is 5.69 Å². The van der Waals surface area contributed by atoms with Gasteiger partial charge in [0.1, 0.15) is 17.5 Å². The molecule has 35 heavy (non-hydrogen) atoms. The Labute approximate surface area is 197 Å². The van der Waals surface area contributed by atoms with E-state index in [9.17, 15) is 19.1 Å². The summed E-state index contributed by atoms with van der Waals surface area (Å²) >= 11 is 0. The highest BCUT2D eigenvalue weighted by Crippen LogP contribution is 2.39. The van der Waals surface area contributed by atoms with Crippen LogP contribution in [0.2, 0.25) is 0 Å². The van der Waals surface area contributed by atoms with Gasteiger partial charge in [0.15, 0.2) is 5.65 Å². The summed E-state index contributed by atoms with van der Waals surface area (Å²) in [4.78, 5) is 31.7. The summed E-state index contributed by atoms with van der Waals surface area (Å²) in [6, 6.07) is 5.71. The average Bonchev–Trinajstić information content (AvgIpc) is 3.42. The first-order valence-electron chi connectivity index (χ1n) is 11.4. The van der Waals surface area contributed by atoms with Crippen molar-refractivity contribution >= 4 is 16.9 Å². The lowest BCUT2D eigenvalue weighted by Crippen LogP contribution is -2.49. The van der Waals surface area contributed by atoms with Crippen LogP contribution in [0.5, 0.6) is 0 Å². The lowest BCUT2D eigenvalue weighted by Gasteiger charge is -2.37. The number of carbonyl (C=O) groups is 1. The number of carbonyl (C=O) groups excluding carboxylic acids is 1. The minimum atomic E-state index is -1.18. The third-order valence-corrected chi connectivity index (χ3v) is 6.62. The van der Waals surface area contributed by atoms with Gasteiger partial charge in [-0.1, -0.05) is 0 Å². The molecule has 1 N–H and O–H groups in total. The third kappa shape index (κ3) is 3.99. The van der Waals surface area contributed by atoms with Crippen LogP contribution in [0.3, 0.4) is 0 Å². The topological polar surface area (TPSA) is 132 Å². The van der Waals surface area contributed by atoms with Crippen LogP contribution in [0.25, 0.3) is 16.7 Å². The van der Waals surface area contributed by atoms with E-state index < -0.39 is 5.60 Å². The van der Waals surface area contributed by atoms with Crippen molar-refractivity contribution in [3.63, 3.8) is 0 Å². The molecule has 11 nitrogen and oxygen atoms in total. The number of hydrogen-bond acceptors (Lipinski definition) is 8. The normalized spacial score (nSPS) is 17.7. The molecule has 4 heterocycles. The Morgan fingerprint density at radius 3 is 2.63 bits per heavy atom. The van der Waals surface area contributed by atoms with Crippen LogP contribution in [-0.2, 0) is 6.54 Å². The fourth-order valence-electron chi connectivity index (χ4n) is 4.39. The number of rotatable bonds is 5. The maximum Gasteiger partial charge on any atom is 0.311 e. The molecule has 2 fully saturated rings. The lowest BCUT2D eigenvalue weighted by atomic mass is 9.91. The quantitative estimate of drug-likeness (QED) is 0.457. The molecule has 6 rings (SSSR count). The number of aromatic nitrogens is 6. The zero-order valence-corrected chi connectivity index (χ0v) is 18.7. The molecular weight excluding hydrogens is 457 g/mol. The molecule has 1 saturated carbocycles. The molecule has 2 aliphatic rings. The number of hydrogen-bond donors (Lipinski definition) is 1. The van der Waals surface area contributed by atoms with E-state index in [0.717, 1.165) is 12.8 Å². The van der Waals surface area contributed by atoms with Crippen molar-refractivity contribution in [2.75, 3.05) is 13.1 Å². The molecule has 0 unspecified atom stereocenters. The third-order valence-electron chi connectivity index (χ3n) is 6.62. The van der Waals surface area contributed by atoms with Crippen molar-refractivity contribution in [3.05, 3.63) is 64.7 Å². The van der Waals surface area contributed by atoms with Crippen molar-refractivity contribution in [1.82, 2.24) is 34.4 Å². The highest BCUT2D eigenvalue weighted by atomic mass is 19.1. The molecule has 3 aromatic heterocycles. The Kier molecular flexibility index (Phi) is 4.99. The van der Waals surface area contributed by atoms with Gasteiger partial charge >= 0.3 is 11.8 Å². The van der Waals surface area contributed by atoms with Crippen molar-refractivity contribution in [2.45, 2.75) is 43.7 Å². The fraction of sp³-hybridized carbons (Fsp3) is 0.391. The summed E-state index contributed by atoms with van der Waals surface area (Å²) in [5.41, 5.74) is -0.604. The van der Waals surface area contributed by atoms with Gasteiger partial charge in [-0.05, 0) is 49.9 Å². The SMILES string of the molecule is O=C(c1nnc(C2CC2)o1)N1CCC(O)(Cn2cnc3c(cnn3-c3ccc(F)cc3)c2=O)CC1. The molecule has 12 heteroatoms. The summed E-state index contributed by atoms with van der Waals surface area (Å²) < 4.78 is 21.6. The molecule has 1 amide bonds. The minimum Gasteiger partial charge on any atom is -0.417 e. The minimum absolute atomic E-state index is 0.0265. The first-order valence-corrected chi connectivity index (χ1v) is 11.4. The van der Waals surface area contributed by atoms with Crippen molar-refractivity contribution < 1.29 is 18.7 Å². The second-order valence-corrected chi connectivity index (χ2v) is 9.18. The maximum atomic E-state index is 13.3. The number of likely N-dealkylation sites (tertiary alicyclic amines) is 1. The highest BCUT2D eigenvalue weighted by Gasteiger charge is 2.37. The van der Waals surface area contributed by atoms with Crippen LogP contribution in [-0.4, -0.2) is 64.1 Å². The van der Waals surface area contributed by atoms with E-state index in [1.165, 1.54) is 33.9 Å².